The van der Waals surface area contributed by atoms with Crippen LogP contribution in [0.3, 0.4) is 0 Å². The molecule has 2 rings (SSSR count). The van der Waals surface area contributed by atoms with Gasteiger partial charge in [-0.3, -0.25) is 4.68 Å². The number of benzene rings is 1. The zero-order valence-electron chi connectivity index (χ0n) is 9.84. The highest BCUT2D eigenvalue weighted by Gasteiger charge is 2.05. The number of methoxy groups -OCH3 is 1. The summed E-state index contributed by atoms with van der Waals surface area (Å²) >= 11 is 0. The maximum absolute atomic E-state index is 5.93. The molecule has 0 fully saturated rings. The van der Waals surface area contributed by atoms with Crippen LogP contribution >= 0.6 is 0 Å². The summed E-state index contributed by atoms with van der Waals surface area (Å²) in [7, 11) is 3.42. The van der Waals surface area contributed by atoms with Crippen molar-refractivity contribution in [1.29, 1.82) is 0 Å². The summed E-state index contributed by atoms with van der Waals surface area (Å²) in [5, 5.41) is 7.34. The fourth-order valence-electron chi connectivity index (χ4n) is 1.52. The van der Waals surface area contributed by atoms with E-state index in [1.54, 1.807) is 18.1 Å². The van der Waals surface area contributed by atoms with Gasteiger partial charge in [-0.2, -0.15) is 5.10 Å². The first kappa shape index (κ1) is 11.3. The van der Waals surface area contributed by atoms with Gasteiger partial charge in [-0.15, -0.1) is 0 Å². The van der Waals surface area contributed by atoms with Crippen LogP contribution in [0.5, 0.6) is 5.75 Å². The molecule has 0 radical (unpaired) electrons. The lowest BCUT2D eigenvalue weighted by Gasteiger charge is -2.10. The third kappa shape index (κ3) is 2.47. The lowest BCUT2D eigenvalue weighted by atomic mass is 10.2. The molecular weight excluding hydrogens is 218 g/mol. The molecule has 0 aliphatic heterocycles. The van der Waals surface area contributed by atoms with Crippen LogP contribution in [0.25, 0.3) is 0 Å². The third-order valence-electron chi connectivity index (χ3n) is 2.37. The minimum Gasteiger partial charge on any atom is -0.495 e. The molecule has 90 valence electrons. The Morgan fingerprint density at radius 1 is 1.47 bits per heavy atom. The Morgan fingerprint density at radius 2 is 2.29 bits per heavy atom. The first-order chi connectivity index (χ1) is 8.20. The Balaban J connectivity index is 2.09. The predicted molar refractivity (Wildman–Crippen MR) is 65.7 cm³/mol. The molecule has 0 saturated heterocycles. The normalized spacial score (nSPS) is 10.2. The Labute approximate surface area is 99.4 Å². The number of para-hydroxylation sites is 1. The van der Waals surface area contributed by atoms with E-state index in [9.17, 15) is 0 Å². The van der Waals surface area contributed by atoms with Gasteiger partial charge >= 0.3 is 0 Å². The number of aromatic nitrogens is 3. The number of rotatable bonds is 4. The summed E-state index contributed by atoms with van der Waals surface area (Å²) in [6.45, 7) is 0.526. The lowest BCUT2D eigenvalue weighted by Crippen LogP contribution is -2.05. The van der Waals surface area contributed by atoms with E-state index in [4.69, 9.17) is 10.5 Å². The van der Waals surface area contributed by atoms with E-state index >= 15 is 0 Å². The first-order valence-electron chi connectivity index (χ1n) is 5.21. The Bertz CT molecular complexity index is 508. The fourth-order valence-corrected chi connectivity index (χ4v) is 1.52. The summed E-state index contributed by atoms with van der Waals surface area (Å²) in [5.41, 5.74) is 7.33. The molecule has 0 atom stereocenters. The second-order valence-electron chi connectivity index (χ2n) is 3.61. The molecule has 1 heterocycles. The Kier molecular flexibility index (Phi) is 3.13. The van der Waals surface area contributed by atoms with Crippen molar-refractivity contribution < 1.29 is 4.74 Å². The fraction of sp³-hybridized carbons (Fsp3) is 0.273. The van der Waals surface area contributed by atoms with Gasteiger partial charge in [-0.05, 0) is 12.1 Å². The monoisotopic (exact) mass is 233 g/mol. The van der Waals surface area contributed by atoms with E-state index in [2.05, 4.69) is 15.4 Å². The number of nitrogens with zero attached hydrogens (tertiary/aromatic N) is 3. The van der Waals surface area contributed by atoms with Crippen LogP contribution < -0.4 is 15.8 Å². The van der Waals surface area contributed by atoms with Crippen molar-refractivity contribution in [3.8, 4) is 5.75 Å². The van der Waals surface area contributed by atoms with Gasteiger partial charge in [-0.25, -0.2) is 4.98 Å². The van der Waals surface area contributed by atoms with Crippen LogP contribution in [0.1, 0.15) is 5.82 Å². The highest BCUT2D eigenvalue weighted by atomic mass is 16.5. The summed E-state index contributed by atoms with van der Waals surface area (Å²) in [6.07, 6.45) is 1.66. The molecule has 17 heavy (non-hydrogen) atoms. The number of ether oxygens (including phenoxy) is 1. The second-order valence-corrected chi connectivity index (χ2v) is 3.61. The van der Waals surface area contributed by atoms with E-state index in [1.165, 1.54) is 0 Å². The summed E-state index contributed by atoms with van der Waals surface area (Å²) in [5.74, 6) is 1.37. The quantitative estimate of drug-likeness (QED) is 0.771. The van der Waals surface area contributed by atoms with Gasteiger partial charge in [0.15, 0.2) is 5.82 Å². The van der Waals surface area contributed by atoms with Crippen molar-refractivity contribution in [2.75, 3.05) is 18.2 Å². The van der Waals surface area contributed by atoms with Crippen molar-refractivity contribution in [2.24, 2.45) is 7.05 Å². The van der Waals surface area contributed by atoms with Gasteiger partial charge in [0.25, 0.3) is 0 Å². The maximum Gasteiger partial charge on any atom is 0.169 e. The van der Waals surface area contributed by atoms with Crippen LogP contribution in [0.2, 0.25) is 0 Å². The number of nitrogen functional groups attached to an aromatic ring is 1. The molecule has 6 nitrogen and oxygen atoms in total. The lowest BCUT2D eigenvalue weighted by molar-refractivity contribution is 0.417. The first-order valence-corrected chi connectivity index (χ1v) is 5.21. The standard InChI is InChI=1S/C11H15N5O/c1-16-7-14-10(15-16)6-13-8-4-3-5-9(17-2)11(8)12/h3-5,7,13H,6,12H2,1-2H3. The SMILES string of the molecule is COc1cccc(NCc2ncn(C)n2)c1N. The van der Waals surface area contributed by atoms with Crippen molar-refractivity contribution >= 4 is 11.4 Å². The third-order valence-corrected chi connectivity index (χ3v) is 2.37. The maximum atomic E-state index is 5.93. The molecule has 3 N–H and O–H groups in total. The number of aryl methyl sites for hydroxylation is 1. The molecule has 2 aromatic rings. The molecule has 0 saturated carbocycles. The summed E-state index contributed by atoms with van der Waals surface area (Å²) in [4.78, 5) is 4.12. The smallest absolute Gasteiger partial charge is 0.169 e. The topological polar surface area (TPSA) is 78.0 Å². The van der Waals surface area contributed by atoms with E-state index in [1.807, 2.05) is 25.2 Å². The highest BCUT2D eigenvalue weighted by Crippen LogP contribution is 2.28. The minimum atomic E-state index is 0.526. The molecule has 1 aromatic carbocycles. The van der Waals surface area contributed by atoms with Gasteiger partial charge in [-0.1, -0.05) is 6.07 Å². The van der Waals surface area contributed by atoms with Crippen LogP contribution in [0.15, 0.2) is 24.5 Å². The average Bonchev–Trinajstić information content (AvgIpc) is 2.74. The number of hydrogen-bond acceptors (Lipinski definition) is 5. The van der Waals surface area contributed by atoms with Gasteiger partial charge in [0.05, 0.1) is 25.0 Å². The molecule has 1 aromatic heterocycles. The van der Waals surface area contributed by atoms with Gasteiger partial charge < -0.3 is 15.8 Å². The highest BCUT2D eigenvalue weighted by molar-refractivity contribution is 5.72. The average molecular weight is 233 g/mol. The number of nitrogens with two attached hydrogens (primary N) is 1. The number of nitrogens with one attached hydrogen (secondary N) is 1. The molecule has 0 aliphatic carbocycles. The van der Waals surface area contributed by atoms with Gasteiger partial charge in [0.1, 0.15) is 12.1 Å². The Morgan fingerprint density at radius 3 is 2.94 bits per heavy atom. The molecular formula is C11H15N5O. The van der Waals surface area contributed by atoms with E-state index in [0.29, 0.717) is 18.0 Å². The van der Waals surface area contributed by atoms with Crippen molar-refractivity contribution in [3.05, 3.63) is 30.4 Å². The largest absolute Gasteiger partial charge is 0.495 e. The van der Waals surface area contributed by atoms with Crippen LogP contribution in [0, 0.1) is 0 Å². The second kappa shape index (κ2) is 4.73. The van der Waals surface area contributed by atoms with E-state index < -0.39 is 0 Å². The molecule has 0 spiro atoms. The molecule has 0 unspecified atom stereocenters. The molecule has 0 bridgehead atoms. The summed E-state index contributed by atoms with van der Waals surface area (Å²) < 4.78 is 6.80. The summed E-state index contributed by atoms with van der Waals surface area (Å²) in [6, 6.07) is 5.59. The number of hydrogen-bond donors (Lipinski definition) is 2. The van der Waals surface area contributed by atoms with Crippen LogP contribution in [0.4, 0.5) is 11.4 Å². The van der Waals surface area contributed by atoms with E-state index in [0.717, 1.165) is 11.5 Å². The zero-order chi connectivity index (χ0) is 12.3. The van der Waals surface area contributed by atoms with Crippen LogP contribution in [-0.2, 0) is 13.6 Å². The van der Waals surface area contributed by atoms with Crippen LogP contribution in [-0.4, -0.2) is 21.9 Å². The van der Waals surface area contributed by atoms with Crippen molar-refractivity contribution in [2.45, 2.75) is 6.54 Å². The van der Waals surface area contributed by atoms with Crippen molar-refractivity contribution in [1.82, 2.24) is 14.8 Å². The van der Waals surface area contributed by atoms with E-state index in [-0.39, 0.29) is 0 Å². The molecule has 0 amide bonds. The van der Waals surface area contributed by atoms with Crippen molar-refractivity contribution in [3.63, 3.8) is 0 Å². The Hall–Kier alpha value is -2.24. The molecule has 0 aliphatic rings. The minimum absolute atomic E-state index is 0.526. The molecule has 6 heteroatoms. The van der Waals surface area contributed by atoms with Gasteiger partial charge in [0.2, 0.25) is 0 Å². The zero-order valence-corrected chi connectivity index (χ0v) is 9.84. The van der Waals surface area contributed by atoms with Gasteiger partial charge in [0, 0.05) is 7.05 Å². The predicted octanol–water partition coefficient (Wildman–Crippen LogP) is 1.02. The number of anilines is 2.